The fourth-order valence-corrected chi connectivity index (χ4v) is 2.51. The predicted octanol–water partition coefficient (Wildman–Crippen LogP) is 4.90. The molecule has 8 heteroatoms. The molecular weight excluding hydrogens is 357 g/mol. The molecule has 4 aromatic rings. The van der Waals surface area contributed by atoms with Crippen molar-refractivity contribution in [2.45, 2.75) is 6.18 Å². The van der Waals surface area contributed by atoms with E-state index >= 15 is 0 Å². The lowest BCUT2D eigenvalue weighted by Gasteiger charge is -2.09. The van der Waals surface area contributed by atoms with E-state index in [0.717, 1.165) is 17.6 Å². The number of hydrogen-bond donors (Lipinski definition) is 0. The zero-order valence-corrected chi connectivity index (χ0v) is 13.7. The highest BCUT2D eigenvalue weighted by molar-refractivity contribution is 5.75. The van der Waals surface area contributed by atoms with E-state index in [4.69, 9.17) is 4.74 Å². The van der Waals surface area contributed by atoms with Crippen molar-refractivity contribution in [2.75, 3.05) is 0 Å². The highest BCUT2D eigenvalue weighted by Crippen LogP contribution is 2.31. The number of hydrogen-bond acceptors (Lipinski definition) is 5. The van der Waals surface area contributed by atoms with Crippen molar-refractivity contribution in [3.8, 4) is 22.9 Å². The van der Waals surface area contributed by atoms with Crippen molar-refractivity contribution in [3.63, 3.8) is 0 Å². The fourth-order valence-electron chi connectivity index (χ4n) is 2.51. The van der Waals surface area contributed by atoms with Gasteiger partial charge < -0.3 is 4.74 Å². The Morgan fingerprint density at radius 2 is 1.48 bits per heavy atom. The van der Waals surface area contributed by atoms with Crippen LogP contribution in [0.25, 0.3) is 22.3 Å². The number of aromatic nitrogens is 4. The Morgan fingerprint density at radius 1 is 0.741 bits per heavy atom. The molecule has 0 spiro atoms. The molecule has 0 fully saturated rings. The summed E-state index contributed by atoms with van der Waals surface area (Å²) in [6.45, 7) is 0. The van der Waals surface area contributed by atoms with Gasteiger partial charge in [-0.15, -0.1) is 0 Å². The molecule has 2 heterocycles. The number of benzene rings is 2. The molecular formula is C19H11F3N4O. The first-order valence-corrected chi connectivity index (χ1v) is 7.87. The summed E-state index contributed by atoms with van der Waals surface area (Å²) in [5, 5.41) is 0. The van der Waals surface area contributed by atoms with Crippen LogP contribution < -0.4 is 4.74 Å². The van der Waals surface area contributed by atoms with Crippen LogP contribution in [0.2, 0.25) is 0 Å². The molecule has 0 aliphatic rings. The van der Waals surface area contributed by atoms with Gasteiger partial charge in [0.25, 0.3) is 0 Å². The molecule has 0 atom stereocenters. The third kappa shape index (κ3) is 3.69. The first-order chi connectivity index (χ1) is 13.0. The van der Waals surface area contributed by atoms with Gasteiger partial charge in [-0.1, -0.05) is 12.1 Å². The Morgan fingerprint density at radius 3 is 2.22 bits per heavy atom. The molecule has 0 amide bonds. The van der Waals surface area contributed by atoms with Gasteiger partial charge in [-0.25, -0.2) is 9.97 Å². The van der Waals surface area contributed by atoms with Crippen molar-refractivity contribution >= 4 is 11.0 Å². The maximum atomic E-state index is 12.7. The highest BCUT2D eigenvalue weighted by Gasteiger charge is 2.30. The van der Waals surface area contributed by atoms with Crippen LogP contribution in [-0.2, 0) is 6.18 Å². The summed E-state index contributed by atoms with van der Waals surface area (Å²) < 4.78 is 43.8. The smallest absolute Gasteiger partial charge is 0.416 e. The van der Waals surface area contributed by atoms with Gasteiger partial charge in [-0.05, 0) is 24.3 Å². The molecule has 2 aromatic carbocycles. The van der Waals surface area contributed by atoms with E-state index in [9.17, 15) is 13.2 Å². The van der Waals surface area contributed by atoms with Crippen molar-refractivity contribution in [1.29, 1.82) is 0 Å². The van der Waals surface area contributed by atoms with Gasteiger partial charge in [-0.3, -0.25) is 9.97 Å². The van der Waals surface area contributed by atoms with E-state index in [-0.39, 0.29) is 5.88 Å². The van der Waals surface area contributed by atoms with E-state index in [1.54, 1.807) is 36.7 Å². The fraction of sp³-hybridized carbons (Fsp3) is 0.0526. The lowest BCUT2D eigenvalue weighted by atomic mass is 10.1. The SMILES string of the molecule is FC(F)(F)c1ccc(-c2cc(Oc3ccc4nccnc4c3)ncn2)cc1. The van der Waals surface area contributed by atoms with Crippen LogP contribution in [0.3, 0.4) is 0 Å². The lowest BCUT2D eigenvalue weighted by molar-refractivity contribution is -0.137. The van der Waals surface area contributed by atoms with Gasteiger partial charge in [0, 0.05) is 30.1 Å². The monoisotopic (exact) mass is 368 g/mol. The first-order valence-electron chi connectivity index (χ1n) is 7.87. The normalized spacial score (nSPS) is 11.5. The van der Waals surface area contributed by atoms with Gasteiger partial charge in [-0.2, -0.15) is 13.2 Å². The van der Waals surface area contributed by atoms with E-state index < -0.39 is 11.7 Å². The molecule has 0 saturated heterocycles. The highest BCUT2D eigenvalue weighted by atomic mass is 19.4. The zero-order chi connectivity index (χ0) is 18.9. The molecule has 2 aromatic heterocycles. The first kappa shape index (κ1) is 16.9. The molecule has 4 rings (SSSR count). The molecule has 0 aliphatic heterocycles. The number of nitrogens with zero attached hydrogens (tertiary/aromatic N) is 4. The Hall–Kier alpha value is -3.55. The van der Waals surface area contributed by atoms with Gasteiger partial charge in [0.05, 0.1) is 22.3 Å². The third-order valence-electron chi connectivity index (χ3n) is 3.81. The molecule has 0 bridgehead atoms. The third-order valence-corrected chi connectivity index (χ3v) is 3.81. The summed E-state index contributed by atoms with van der Waals surface area (Å²) in [7, 11) is 0. The topological polar surface area (TPSA) is 60.8 Å². The van der Waals surface area contributed by atoms with Gasteiger partial charge in [0.15, 0.2) is 0 Å². The van der Waals surface area contributed by atoms with Crippen LogP contribution in [0, 0.1) is 0 Å². The Labute approximate surface area is 151 Å². The number of halogens is 3. The van der Waals surface area contributed by atoms with Crippen LogP contribution in [-0.4, -0.2) is 19.9 Å². The molecule has 5 nitrogen and oxygen atoms in total. The minimum atomic E-state index is -4.38. The molecule has 27 heavy (non-hydrogen) atoms. The molecule has 0 radical (unpaired) electrons. The number of alkyl halides is 3. The number of ether oxygens (including phenoxy) is 1. The van der Waals surface area contributed by atoms with Crippen molar-refractivity contribution in [1.82, 2.24) is 19.9 Å². The van der Waals surface area contributed by atoms with E-state index in [0.29, 0.717) is 22.5 Å². The maximum absolute atomic E-state index is 12.7. The second kappa shape index (κ2) is 6.64. The van der Waals surface area contributed by atoms with Crippen LogP contribution >= 0.6 is 0 Å². The largest absolute Gasteiger partial charge is 0.439 e. The summed E-state index contributed by atoms with van der Waals surface area (Å²) in [5.41, 5.74) is 1.67. The summed E-state index contributed by atoms with van der Waals surface area (Å²) in [5.74, 6) is 0.781. The molecule has 0 saturated carbocycles. The summed E-state index contributed by atoms with van der Waals surface area (Å²) in [6, 6.07) is 11.5. The maximum Gasteiger partial charge on any atom is 0.416 e. The van der Waals surface area contributed by atoms with Gasteiger partial charge >= 0.3 is 6.18 Å². The summed E-state index contributed by atoms with van der Waals surface area (Å²) >= 11 is 0. The van der Waals surface area contributed by atoms with Gasteiger partial charge in [0.2, 0.25) is 5.88 Å². The van der Waals surface area contributed by atoms with Crippen LogP contribution in [0.1, 0.15) is 5.56 Å². The summed E-state index contributed by atoms with van der Waals surface area (Å²) in [6.07, 6.45) is 0.101. The Kier molecular flexibility index (Phi) is 4.15. The standard InChI is InChI=1S/C19H11F3N4O/c20-19(21,22)13-3-1-12(2-4-13)16-10-18(26-11-25-16)27-14-5-6-15-17(9-14)24-8-7-23-15/h1-11H. The average Bonchev–Trinajstić information content (AvgIpc) is 2.68. The van der Waals surface area contributed by atoms with Crippen LogP contribution in [0.4, 0.5) is 13.2 Å². The molecule has 0 unspecified atom stereocenters. The molecule has 0 aliphatic carbocycles. The van der Waals surface area contributed by atoms with E-state index in [1.165, 1.54) is 18.5 Å². The second-order valence-electron chi connectivity index (χ2n) is 5.63. The van der Waals surface area contributed by atoms with E-state index in [2.05, 4.69) is 19.9 Å². The average molecular weight is 368 g/mol. The second-order valence-corrected chi connectivity index (χ2v) is 5.63. The van der Waals surface area contributed by atoms with Crippen molar-refractivity contribution in [2.24, 2.45) is 0 Å². The molecule has 0 N–H and O–H groups in total. The van der Waals surface area contributed by atoms with Gasteiger partial charge in [0.1, 0.15) is 12.1 Å². The minimum Gasteiger partial charge on any atom is -0.439 e. The predicted molar refractivity (Wildman–Crippen MR) is 92.1 cm³/mol. The quantitative estimate of drug-likeness (QED) is 0.515. The zero-order valence-electron chi connectivity index (χ0n) is 13.7. The van der Waals surface area contributed by atoms with Crippen LogP contribution in [0.15, 0.2) is 67.3 Å². The minimum absolute atomic E-state index is 0.267. The Balaban J connectivity index is 1.60. The van der Waals surface area contributed by atoms with E-state index in [1.807, 2.05) is 0 Å². The summed E-state index contributed by atoms with van der Waals surface area (Å²) in [4.78, 5) is 16.5. The lowest BCUT2D eigenvalue weighted by Crippen LogP contribution is -2.04. The number of rotatable bonds is 3. The Bertz CT molecular complexity index is 1100. The number of fused-ring (bicyclic) bond motifs is 1. The van der Waals surface area contributed by atoms with Crippen molar-refractivity contribution in [3.05, 3.63) is 72.8 Å². The van der Waals surface area contributed by atoms with Crippen molar-refractivity contribution < 1.29 is 17.9 Å². The molecule has 134 valence electrons. The van der Waals surface area contributed by atoms with Crippen LogP contribution in [0.5, 0.6) is 11.6 Å².